The van der Waals surface area contributed by atoms with Crippen molar-refractivity contribution in [3.8, 4) is 0 Å². The molecule has 1 saturated heterocycles. The number of carbonyl (C=O) groups excluding carboxylic acids is 1. The van der Waals surface area contributed by atoms with Crippen LogP contribution in [-0.4, -0.2) is 33.6 Å². The van der Waals surface area contributed by atoms with Crippen LogP contribution >= 0.6 is 11.8 Å². The van der Waals surface area contributed by atoms with E-state index in [2.05, 4.69) is 9.72 Å². The smallest absolute Gasteiger partial charge is 0.360 e. The van der Waals surface area contributed by atoms with Crippen molar-refractivity contribution in [3.63, 3.8) is 0 Å². The molecule has 0 aromatic carbocycles. The second-order valence-electron chi connectivity index (χ2n) is 3.76. The molecule has 1 aliphatic rings. The molecule has 2 heterocycles. The van der Waals surface area contributed by atoms with Gasteiger partial charge in [0.05, 0.1) is 13.4 Å². The highest BCUT2D eigenvalue weighted by atomic mass is 32.2. The number of nitrogens with zero attached hydrogens (tertiary/aromatic N) is 2. The number of rotatable bonds is 3. The number of aromatic nitrogens is 2. The fraction of sp³-hybridized carbons (Fsp3) is 0.600. The van der Waals surface area contributed by atoms with Gasteiger partial charge < -0.3 is 15.0 Å². The molecule has 0 aliphatic carbocycles. The summed E-state index contributed by atoms with van der Waals surface area (Å²) in [4.78, 5) is 15.3. The van der Waals surface area contributed by atoms with E-state index < -0.39 is 5.97 Å². The van der Waals surface area contributed by atoms with Crippen LogP contribution in [0.25, 0.3) is 0 Å². The van der Waals surface area contributed by atoms with Gasteiger partial charge in [0.2, 0.25) is 0 Å². The first-order valence-electron chi connectivity index (χ1n) is 5.23. The van der Waals surface area contributed by atoms with Crippen molar-refractivity contribution in [2.75, 3.05) is 18.6 Å². The molecule has 1 unspecified atom stereocenters. The zero-order chi connectivity index (χ0) is 11.5. The number of ether oxygens (including phenoxy) is 1. The molecule has 2 N–H and O–H groups in total. The Morgan fingerprint density at radius 1 is 1.81 bits per heavy atom. The number of anilines is 1. The average Bonchev–Trinajstić information content (AvgIpc) is 2.90. The van der Waals surface area contributed by atoms with Crippen LogP contribution < -0.4 is 5.73 Å². The Morgan fingerprint density at radius 2 is 2.62 bits per heavy atom. The van der Waals surface area contributed by atoms with Crippen molar-refractivity contribution >= 4 is 23.5 Å². The van der Waals surface area contributed by atoms with Crippen molar-refractivity contribution in [1.29, 1.82) is 0 Å². The molecule has 5 nitrogen and oxygen atoms in total. The average molecular weight is 241 g/mol. The highest BCUT2D eigenvalue weighted by Crippen LogP contribution is 2.28. The molecule has 2 rings (SSSR count). The lowest BCUT2D eigenvalue weighted by molar-refractivity contribution is 0.0596. The summed E-state index contributed by atoms with van der Waals surface area (Å²) in [6, 6.07) is 0. The molecule has 0 saturated carbocycles. The molecule has 1 fully saturated rings. The van der Waals surface area contributed by atoms with E-state index in [9.17, 15) is 4.79 Å². The highest BCUT2D eigenvalue weighted by Gasteiger charge is 2.20. The van der Waals surface area contributed by atoms with E-state index in [1.54, 1.807) is 6.33 Å². The van der Waals surface area contributed by atoms with Gasteiger partial charge in [0.15, 0.2) is 5.69 Å². The first-order valence-corrected chi connectivity index (χ1v) is 6.27. The van der Waals surface area contributed by atoms with Gasteiger partial charge >= 0.3 is 5.97 Å². The lowest BCUT2D eigenvalue weighted by atomic mass is 10.2. The van der Waals surface area contributed by atoms with Crippen molar-refractivity contribution in [2.45, 2.75) is 24.6 Å². The third-order valence-electron chi connectivity index (χ3n) is 2.68. The number of hydrogen-bond acceptors (Lipinski definition) is 5. The Balaban J connectivity index is 2.10. The van der Waals surface area contributed by atoms with Crippen LogP contribution in [0.1, 0.15) is 23.3 Å². The van der Waals surface area contributed by atoms with Gasteiger partial charge in [-0.15, -0.1) is 0 Å². The second-order valence-corrected chi connectivity index (χ2v) is 5.17. The number of hydrogen-bond donors (Lipinski definition) is 1. The Bertz CT molecular complexity index is 385. The summed E-state index contributed by atoms with van der Waals surface area (Å²) in [5.41, 5.74) is 6.06. The van der Waals surface area contributed by atoms with Crippen LogP contribution in [0, 0.1) is 0 Å². The molecular formula is C10H15N3O2S. The van der Waals surface area contributed by atoms with Gasteiger partial charge in [-0.1, -0.05) is 0 Å². The third-order valence-corrected chi connectivity index (χ3v) is 4.06. The van der Waals surface area contributed by atoms with E-state index >= 15 is 0 Å². The summed E-state index contributed by atoms with van der Waals surface area (Å²) in [7, 11) is 1.33. The molecule has 0 radical (unpaired) electrons. The third kappa shape index (κ3) is 2.16. The first kappa shape index (κ1) is 11.3. The number of imidazole rings is 1. The number of methoxy groups -OCH3 is 1. The largest absolute Gasteiger partial charge is 0.464 e. The minimum absolute atomic E-state index is 0.213. The molecule has 1 atom stereocenters. The molecule has 16 heavy (non-hydrogen) atoms. The Labute approximate surface area is 98.4 Å². The van der Waals surface area contributed by atoms with Gasteiger partial charge in [-0.3, -0.25) is 0 Å². The molecule has 6 heteroatoms. The zero-order valence-corrected chi connectivity index (χ0v) is 10.00. The highest BCUT2D eigenvalue weighted by molar-refractivity contribution is 8.00. The topological polar surface area (TPSA) is 70.1 Å². The summed E-state index contributed by atoms with van der Waals surface area (Å²) in [5.74, 6) is 1.14. The predicted molar refractivity (Wildman–Crippen MR) is 63.5 cm³/mol. The number of carbonyl (C=O) groups is 1. The Kier molecular flexibility index (Phi) is 3.38. The van der Waals surface area contributed by atoms with Gasteiger partial charge in [-0.2, -0.15) is 11.8 Å². The number of nitrogens with two attached hydrogens (primary N) is 1. The van der Waals surface area contributed by atoms with E-state index in [4.69, 9.17) is 5.73 Å². The molecule has 0 amide bonds. The summed E-state index contributed by atoms with van der Waals surface area (Å²) < 4.78 is 6.43. The Hall–Kier alpha value is -1.17. The number of esters is 1. The van der Waals surface area contributed by atoms with E-state index in [-0.39, 0.29) is 5.69 Å². The van der Waals surface area contributed by atoms with E-state index in [0.29, 0.717) is 11.1 Å². The van der Waals surface area contributed by atoms with E-state index in [0.717, 1.165) is 6.54 Å². The van der Waals surface area contributed by atoms with E-state index in [1.807, 2.05) is 16.3 Å². The van der Waals surface area contributed by atoms with Crippen molar-refractivity contribution in [3.05, 3.63) is 12.0 Å². The zero-order valence-electron chi connectivity index (χ0n) is 9.18. The van der Waals surface area contributed by atoms with Crippen LogP contribution in [0.5, 0.6) is 0 Å². The van der Waals surface area contributed by atoms with Gasteiger partial charge in [-0.25, -0.2) is 9.78 Å². The Morgan fingerprint density at radius 3 is 3.25 bits per heavy atom. The van der Waals surface area contributed by atoms with Crippen LogP contribution in [0.4, 0.5) is 5.82 Å². The summed E-state index contributed by atoms with van der Waals surface area (Å²) >= 11 is 1.95. The number of thioether (sulfide) groups is 1. The number of nitrogen functional groups attached to an aromatic ring is 1. The summed E-state index contributed by atoms with van der Waals surface area (Å²) in [5, 5.41) is 0.585. The lowest BCUT2D eigenvalue weighted by Gasteiger charge is -2.10. The fourth-order valence-corrected chi connectivity index (χ4v) is 3.06. The maximum absolute atomic E-state index is 11.3. The van der Waals surface area contributed by atoms with Gasteiger partial charge in [0.1, 0.15) is 5.82 Å². The normalized spacial score (nSPS) is 19.9. The summed E-state index contributed by atoms with van der Waals surface area (Å²) in [6.45, 7) is 0.820. The monoisotopic (exact) mass is 241 g/mol. The molecular weight excluding hydrogens is 226 g/mol. The molecule has 0 spiro atoms. The quantitative estimate of drug-likeness (QED) is 0.804. The first-order chi connectivity index (χ1) is 7.72. The second kappa shape index (κ2) is 4.78. The van der Waals surface area contributed by atoms with E-state index in [1.165, 1.54) is 25.7 Å². The van der Waals surface area contributed by atoms with Gasteiger partial charge in [0, 0.05) is 11.8 Å². The molecule has 88 valence electrons. The van der Waals surface area contributed by atoms with Crippen molar-refractivity contribution < 1.29 is 9.53 Å². The van der Waals surface area contributed by atoms with Crippen LogP contribution in [0.15, 0.2) is 6.33 Å². The standard InChI is InChI=1S/C10H15N3O2S/c1-15-10(14)8-9(11)13(6-12-8)5-7-3-2-4-16-7/h6-7H,2-5,11H2,1H3. The van der Waals surface area contributed by atoms with Crippen LogP contribution in [-0.2, 0) is 11.3 Å². The van der Waals surface area contributed by atoms with Crippen molar-refractivity contribution in [1.82, 2.24) is 9.55 Å². The predicted octanol–water partition coefficient (Wildman–Crippen LogP) is 1.15. The van der Waals surface area contributed by atoms with Gasteiger partial charge in [-0.05, 0) is 18.6 Å². The maximum Gasteiger partial charge on any atom is 0.360 e. The van der Waals surface area contributed by atoms with Crippen LogP contribution in [0.3, 0.4) is 0 Å². The fourth-order valence-electron chi connectivity index (χ4n) is 1.80. The molecule has 1 aliphatic heterocycles. The van der Waals surface area contributed by atoms with Gasteiger partial charge in [0.25, 0.3) is 0 Å². The lowest BCUT2D eigenvalue weighted by Crippen LogP contribution is -2.13. The minimum atomic E-state index is -0.477. The maximum atomic E-state index is 11.3. The van der Waals surface area contributed by atoms with Crippen molar-refractivity contribution in [2.24, 2.45) is 0 Å². The molecule has 1 aromatic rings. The SMILES string of the molecule is COC(=O)c1ncn(CC2CCCS2)c1N. The summed E-state index contributed by atoms with van der Waals surface area (Å²) in [6.07, 6.45) is 4.07. The van der Waals surface area contributed by atoms with Crippen LogP contribution in [0.2, 0.25) is 0 Å². The minimum Gasteiger partial charge on any atom is -0.464 e. The molecule has 0 bridgehead atoms. The molecule has 1 aromatic heterocycles.